The molecule has 1 N–H and O–H groups in total. The summed E-state index contributed by atoms with van der Waals surface area (Å²) in [6.07, 6.45) is 1.18. The van der Waals surface area contributed by atoms with E-state index in [0.717, 1.165) is 26.2 Å². The average molecular weight is 247 g/mol. The lowest BCUT2D eigenvalue weighted by Gasteiger charge is -2.38. The molecule has 0 spiro atoms. The zero-order valence-corrected chi connectivity index (χ0v) is 11.8. The zero-order valence-electron chi connectivity index (χ0n) is 11.8. The van der Waals surface area contributed by atoms with Crippen molar-refractivity contribution in [1.29, 1.82) is 0 Å². The van der Waals surface area contributed by atoms with Crippen LogP contribution < -0.4 is 15.1 Å². The predicted octanol–water partition coefficient (Wildman–Crippen LogP) is 2.33. The summed E-state index contributed by atoms with van der Waals surface area (Å²) in [6, 6.07) is 9.31. The highest BCUT2D eigenvalue weighted by atomic mass is 15.3. The van der Waals surface area contributed by atoms with Crippen molar-refractivity contribution in [3.63, 3.8) is 0 Å². The van der Waals surface area contributed by atoms with E-state index in [4.69, 9.17) is 0 Å². The second-order valence-corrected chi connectivity index (χ2v) is 5.02. The molecular formula is C15H25N3. The predicted molar refractivity (Wildman–Crippen MR) is 79.7 cm³/mol. The number of likely N-dealkylation sites (N-methyl/N-ethyl adjacent to an activating group) is 2. The van der Waals surface area contributed by atoms with Crippen molar-refractivity contribution < 1.29 is 0 Å². The third-order valence-electron chi connectivity index (χ3n) is 3.77. The molecule has 18 heavy (non-hydrogen) atoms. The standard InChI is InChI=1S/C15H25N3/c1-4-13(16-5-2)12-18-11-10-17(3)14-8-6-7-9-15(14)18/h6-9,13,16H,4-5,10-12H2,1-3H3. The lowest BCUT2D eigenvalue weighted by Crippen LogP contribution is -2.46. The first-order chi connectivity index (χ1) is 8.76. The Hall–Kier alpha value is -1.22. The molecule has 1 atom stereocenters. The summed E-state index contributed by atoms with van der Waals surface area (Å²) in [7, 11) is 2.18. The summed E-state index contributed by atoms with van der Waals surface area (Å²) in [4.78, 5) is 4.87. The van der Waals surface area contributed by atoms with Gasteiger partial charge in [-0.1, -0.05) is 26.0 Å². The van der Waals surface area contributed by atoms with Crippen molar-refractivity contribution in [2.75, 3.05) is 43.0 Å². The van der Waals surface area contributed by atoms with Crippen LogP contribution in [0.25, 0.3) is 0 Å². The number of fused-ring (bicyclic) bond motifs is 1. The molecule has 0 saturated heterocycles. The van der Waals surface area contributed by atoms with Gasteiger partial charge in [0.15, 0.2) is 0 Å². The minimum absolute atomic E-state index is 0.589. The van der Waals surface area contributed by atoms with Gasteiger partial charge in [0.25, 0.3) is 0 Å². The smallest absolute Gasteiger partial charge is 0.0605 e. The molecule has 2 rings (SSSR count). The summed E-state index contributed by atoms with van der Waals surface area (Å²) in [5, 5.41) is 3.57. The van der Waals surface area contributed by atoms with E-state index < -0.39 is 0 Å². The molecule has 3 heteroatoms. The van der Waals surface area contributed by atoms with Crippen LogP contribution in [0.15, 0.2) is 24.3 Å². The van der Waals surface area contributed by atoms with Crippen LogP contribution in [-0.4, -0.2) is 39.3 Å². The first-order valence-electron chi connectivity index (χ1n) is 7.04. The molecule has 100 valence electrons. The molecule has 0 fully saturated rings. The summed E-state index contributed by atoms with van der Waals surface area (Å²) >= 11 is 0. The Bertz CT molecular complexity index is 378. The third kappa shape index (κ3) is 2.78. The van der Waals surface area contributed by atoms with Crippen molar-refractivity contribution in [2.24, 2.45) is 0 Å². The maximum absolute atomic E-state index is 3.57. The van der Waals surface area contributed by atoms with Gasteiger partial charge < -0.3 is 15.1 Å². The van der Waals surface area contributed by atoms with Crippen LogP contribution in [-0.2, 0) is 0 Å². The van der Waals surface area contributed by atoms with Gasteiger partial charge in [-0.2, -0.15) is 0 Å². The van der Waals surface area contributed by atoms with Crippen molar-refractivity contribution in [3.8, 4) is 0 Å². The summed E-state index contributed by atoms with van der Waals surface area (Å²) < 4.78 is 0. The third-order valence-corrected chi connectivity index (χ3v) is 3.77. The topological polar surface area (TPSA) is 18.5 Å². The van der Waals surface area contributed by atoms with Crippen LogP contribution in [0.4, 0.5) is 11.4 Å². The SMILES string of the molecule is CCNC(CC)CN1CCN(C)c2ccccc21. The van der Waals surface area contributed by atoms with Crippen LogP contribution in [0.5, 0.6) is 0 Å². The van der Waals surface area contributed by atoms with E-state index in [0.29, 0.717) is 6.04 Å². The molecule has 1 aliphatic heterocycles. The molecule has 1 heterocycles. The number of nitrogens with one attached hydrogen (secondary N) is 1. The highest BCUT2D eigenvalue weighted by molar-refractivity contribution is 5.73. The maximum atomic E-state index is 3.57. The Morgan fingerprint density at radius 2 is 1.89 bits per heavy atom. The molecule has 1 aromatic rings. The number of hydrogen-bond donors (Lipinski definition) is 1. The lowest BCUT2D eigenvalue weighted by molar-refractivity contribution is 0.500. The maximum Gasteiger partial charge on any atom is 0.0605 e. The molecule has 3 nitrogen and oxygen atoms in total. The molecule has 1 aliphatic rings. The summed E-state index contributed by atoms with van der Waals surface area (Å²) in [6.45, 7) is 8.83. The normalized spacial score (nSPS) is 16.6. The van der Waals surface area contributed by atoms with E-state index in [1.807, 2.05) is 0 Å². The van der Waals surface area contributed by atoms with Gasteiger partial charge >= 0.3 is 0 Å². The largest absolute Gasteiger partial charge is 0.371 e. The Morgan fingerprint density at radius 1 is 1.17 bits per heavy atom. The van der Waals surface area contributed by atoms with Crippen molar-refractivity contribution in [2.45, 2.75) is 26.3 Å². The highest BCUT2D eigenvalue weighted by Gasteiger charge is 2.21. The monoisotopic (exact) mass is 247 g/mol. The van der Waals surface area contributed by atoms with E-state index in [1.54, 1.807) is 0 Å². The second kappa shape index (κ2) is 6.10. The molecule has 0 radical (unpaired) electrons. The van der Waals surface area contributed by atoms with Crippen LogP contribution in [0.1, 0.15) is 20.3 Å². The zero-order chi connectivity index (χ0) is 13.0. The van der Waals surface area contributed by atoms with Gasteiger partial charge in [-0.3, -0.25) is 0 Å². The number of benzene rings is 1. The fourth-order valence-corrected chi connectivity index (χ4v) is 2.65. The number of hydrogen-bond acceptors (Lipinski definition) is 3. The molecular weight excluding hydrogens is 222 g/mol. The molecule has 0 aliphatic carbocycles. The first kappa shape index (κ1) is 13.2. The molecule has 0 amide bonds. The van der Waals surface area contributed by atoms with E-state index in [2.05, 4.69) is 60.3 Å². The number of anilines is 2. The Morgan fingerprint density at radius 3 is 2.56 bits per heavy atom. The molecule has 0 saturated carbocycles. The van der Waals surface area contributed by atoms with E-state index in [1.165, 1.54) is 17.8 Å². The Balaban J connectivity index is 2.13. The highest BCUT2D eigenvalue weighted by Crippen LogP contribution is 2.31. The Labute approximate surface area is 111 Å². The number of para-hydroxylation sites is 2. The van der Waals surface area contributed by atoms with E-state index in [9.17, 15) is 0 Å². The van der Waals surface area contributed by atoms with Crippen LogP contribution in [0, 0.1) is 0 Å². The van der Waals surface area contributed by atoms with Gasteiger partial charge in [0.2, 0.25) is 0 Å². The van der Waals surface area contributed by atoms with Gasteiger partial charge in [0.05, 0.1) is 11.4 Å². The minimum Gasteiger partial charge on any atom is -0.371 e. The van der Waals surface area contributed by atoms with Gasteiger partial charge in [-0.15, -0.1) is 0 Å². The quantitative estimate of drug-likeness (QED) is 0.861. The fourth-order valence-electron chi connectivity index (χ4n) is 2.65. The first-order valence-corrected chi connectivity index (χ1v) is 7.04. The van der Waals surface area contributed by atoms with Crippen LogP contribution >= 0.6 is 0 Å². The molecule has 1 unspecified atom stereocenters. The summed E-state index contributed by atoms with van der Waals surface area (Å²) in [5.74, 6) is 0. The van der Waals surface area contributed by atoms with Gasteiger partial charge in [-0.05, 0) is 25.1 Å². The van der Waals surface area contributed by atoms with Gasteiger partial charge in [0.1, 0.15) is 0 Å². The summed E-state index contributed by atoms with van der Waals surface area (Å²) in [5.41, 5.74) is 2.73. The lowest BCUT2D eigenvalue weighted by atomic mass is 10.1. The minimum atomic E-state index is 0.589. The van der Waals surface area contributed by atoms with Crippen LogP contribution in [0.2, 0.25) is 0 Å². The van der Waals surface area contributed by atoms with Crippen LogP contribution in [0.3, 0.4) is 0 Å². The van der Waals surface area contributed by atoms with Crippen molar-refractivity contribution in [3.05, 3.63) is 24.3 Å². The number of nitrogens with zero attached hydrogens (tertiary/aromatic N) is 2. The molecule has 0 bridgehead atoms. The molecule has 1 aromatic carbocycles. The average Bonchev–Trinajstić information content (AvgIpc) is 2.41. The van der Waals surface area contributed by atoms with Gasteiger partial charge in [0, 0.05) is 32.7 Å². The second-order valence-electron chi connectivity index (χ2n) is 5.02. The fraction of sp³-hybridized carbons (Fsp3) is 0.600. The molecule has 0 aromatic heterocycles. The van der Waals surface area contributed by atoms with Crippen molar-refractivity contribution in [1.82, 2.24) is 5.32 Å². The number of rotatable bonds is 5. The van der Waals surface area contributed by atoms with E-state index >= 15 is 0 Å². The van der Waals surface area contributed by atoms with Crippen molar-refractivity contribution >= 4 is 11.4 Å². The Kier molecular flexibility index (Phi) is 4.48. The van der Waals surface area contributed by atoms with Gasteiger partial charge in [-0.25, -0.2) is 0 Å². The van der Waals surface area contributed by atoms with E-state index in [-0.39, 0.29) is 0 Å².